The summed E-state index contributed by atoms with van der Waals surface area (Å²) < 4.78 is 29.6. The van der Waals surface area contributed by atoms with Gasteiger partial charge >= 0.3 is 6.09 Å². The van der Waals surface area contributed by atoms with E-state index >= 15 is 0 Å². The van der Waals surface area contributed by atoms with Crippen molar-refractivity contribution in [2.75, 3.05) is 11.5 Å². The maximum absolute atomic E-state index is 12.7. The summed E-state index contributed by atoms with van der Waals surface area (Å²) in [4.78, 5) is 12.7. The molecule has 5 nitrogen and oxygen atoms in total. The second kappa shape index (κ2) is 12.5. The summed E-state index contributed by atoms with van der Waals surface area (Å²) in [6.07, 6.45) is 5.15. The van der Waals surface area contributed by atoms with E-state index in [1.165, 1.54) is 22.3 Å². The Morgan fingerprint density at radius 3 is 2.42 bits per heavy atom. The van der Waals surface area contributed by atoms with Crippen molar-refractivity contribution in [1.82, 2.24) is 5.32 Å². The van der Waals surface area contributed by atoms with Gasteiger partial charge in [-0.05, 0) is 100 Å². The largest absolute Gasteiger partial charge is 0.444 e. The van der Waals surface area contributed by atoms with E-state index in [1.54, 1.807) is 0 Å². The first kappa shape index (κ1) is 28.5. The number of fused-ring (bicyclic) bond motifs is 1. The normalized spacial score (nSPS) is 17.9. The molecule has 0 bridgehead atoms. The lowest BCUT2D eigenvalue weighted by Gasteiger charge is -2.35. The zero-order valence-corrected chi connectivity index (χ0v) is 23.6. The third kappa shape index (κ3) is 8.81. The molecule has 2 atom stereocenters. The number of ether oxygens (including phenoxy) is 1. The number of unbranched alkanes of at least 4 members (excludes halogenated alkanes) is 1. The Kier molecular flexibility index (Phi) is 9.87. The number of hydrogen-bond donors (Lipinski definition) is 1. The Bertz CT molecular complexity index is 1120. The molecular weight excluding hydrogens is 494 g/mol. The van der Waals surface area contributed by atoms with Crippen LogP contribution in [0.4, 0.5) is 4.79 Å². The van der Waals surface area contributed by atoms with Crippen LogP contribution in [-0.2, 0) is 33.8 Å². The number of aryl methyl sites for hydroxylation is 2. The highest BCUT2D eigenvalue weighted by atomic mass is 35.5. The van der Waals surface area contributed by atoms with Gasteiger partial charge in [-0.2, -0.15) is 0 Å². The third-order valence-electron chi connectivity index (χ3n) is 6.58. The minimum absolute atomic E-state index is 0.0440. The van der Waals surface area contributed by atoms with Crippen molar-refractivity contribution < 1.29 is 17.9 Å². The van der Waals surface area contributed by atoms with Gasteiger partial charge < -0.3 is 10.1 Å². The Labute approximate surface area is 221 Å². The van der Waals surface area contributed by atoms with Crippen molar-refractivity contribution >= 4 is 27.5 Å². The maximum Gasteiger partial charge on any atom is 0.407 e. The molecule has 0 radical (unpaired) electrons. The van der Waals surface area contributed by atoms with Crippen LogP contribution in [0.25, 0.3) is 0 Å². The number of halogens is 1. The summed E-state index contributed by atoms with van der Waals surface area (Å²) >= 11 is 6.11. The minimum atomic E-state index is -2.94. The monoisotopic (exact) mass is 533 g/mol. The lowest BCUT2D eigenvalue weighted by Crippen LogP contribution is -2.44. The van der Waals surface area contributed by atoms with E-state index in [0.29, 0.717) is 17.9 Å². The number of amides is 1. The molecule has 1 N–H and O–H groups in total. The highest BCUT2D eigenvalue weighted by molar-refractivity contribution is 7.91. The highest BCUT2D eigenvalue weighted by Gasteiger charge is 2.32. The van der Waals surface area contributed by atoms with Crippen LogP contribution >= 0.6 is 11.6 Å². The summed E-state index contributed by atoms with van der Waals surface area (Å²) in [5.41, 5.74) is 4.39. The minimum Gasteiger partial charge on any atom is -0.444 e. The van der Waals surface area contributed by atoms with Crippen LogP contribution in [0.15, 0.2) is 42.5 Å². The van der Waals surface area contributed by atoms with Crippen molar-refractivity contribution in [3.63, 3.8) is 0 Å². The fourth-order valence-corrected chi connectivity index (χ4v) is 6.52. The zero-order valence-electron chi connectivity index (χ0n) is 22.0. The molecule has 2 unspecified atom stereocenters. The molecule has 36 heavy (non-hydrogen) atoms. The molecule has 0 fully saturated rings. The van der Waals surface area contributed by atoms with Crippen LogP contribution in [0.1, 0.15) is 81.5 Å². The van der Waals surface area contributed by atoms with Crippen molar-refractivity contribution in [2.24, 2.45) is 0 Å². The van der Waals surface area contributed by atoms with Crippen molar-refractivity contribution in [2.45, 2.75) is 90.2 Å². The van der Waals surface area contributed by atoms with Gasteiger partial charge in [-0.3, -0.25) is 0 Å². The third-order valence-corrected chi connectivity index (χ3v) is 8.77. The molecule has 0 saturated carbocycles. The molecule has 2 aromatic rings. The molecule has 0 saturated heterocycles. The maximum atomic E-state index is 12.7. The standard InChI is InChI=1S/C29H40ClNO4S/c1-5-17-36(33,34)18-7-6-8-21-9-12-23-13-16-27(31-28(32)35-29(2,3)4)26(25(23)19-21)20-22-10-14-24(30)15-11-22/h9-12,14-15,19,26-27H,5-8,13,16-18,20H2,1-4H3,(H,31,32). The van der Waals surface area contributed by atoms with Crippen LogP contribution < -0.4 is 5.32 Å². The summed E-state index contributed by atoms with van der Waals surface area (Å²) in [7, 11) is -2.94. The number of carbonyl (C=O) groups is 1. The van der Waals surface area contributed by atoms with E-state index in [-0.39, 0.29) is 29.6 Å². The topological polar surface area (TPSA) is 72.5 Å². The molecule has 0 spiro atoms. The molecule has 1 amide bonds. The van der Waals surface area contributed by atoms with Gasteiger partial charge in [0.15, 0.2) is 0 Å². The van der Waals surface area contributed by atoms with Gasteiger partial charge in [0, 0.05) is 22.7 Å². The second-order valence-corrected chi connectivity index (χ2v) is 13.6. The number of hydrogen-bond acceptors (Lipinski definition) is 4. The first-order chi connectivity index (χ1) is 17.0. The smallest absolute Gasteiger partial charge is 0.407 e. The first-order valence-electron chi connectivity index (χ1n) is 13.0. The average molecular weight is 534 g/mol. The Balaban J connectivity index is 1.78. The number of nitrogens with one attached hydrogen (secondary N) is 1. The summed E-state index contributed by atoms with van der Waals surface area (Å²) in [6.45, 7) is 7.51. The number of alkyl carbamates (subject to hydrolysis) is 1. The quantitative estimate of drug-likeness (QED) is 0.347. The molecule has 198 valence electrons. The van der Waals surface area contributed by atoms with Crippen LogP contribution in [0.3, 0.4) is 0 Å². The number of benzene rings is 2. The van der Waals surface area contributed by atoms with Crippen molar-refractivity contribution in [1.29, 1.82) is 0 Å². The molecule has 1 aliphatic carbocycles. The molecular formula is C29H40ClNO4S. The van der Waals surface area contributed by atoms with E-state index in [1.807, 2.05) is 52.0 Å². The average Bonchev–Trinajstić information content (AvgIpc) is 2.78. The van der Waals surface area contributed by atoms with Crippen LogP contribution in [0, 0.1) is 0 Å². The number of rotatable bonds is 10. The Morgan fingerprint density at radius 1 is 1.06 bits per heavy atom. The van der Waals surface area contributed by atoms with Gasteiger partial charge in [0.1, 0.15) is 15.4 Å². The molecule has 0 aromatic heterocycles. The van der Waals surface area contributed by atoms with Crippen LogP contribution in [0.2, 0.25) is 5.02 Å². The van der Waals surface area contributed by atoms with Gasteiger partial charge in [0.2, 0.25) is 0 Å². The molecule has 0 aliphatic heterocycles. The Hall–Kier alpha value is -2.05. The van der Waals surface area contributed by atoms with Crippen molar-refractivity contribution in [3.8, 4) is 0 Å². The predicted octanol–water partition coefficient (Wildman–Crippen LogP) is 6.65. The second-order valence-electron chi connectivity index (χ2n) is 10.9. The van der Waals surface area contributed by atoms with Gasteiger partial charge in [0.25, 0.3) is 0 Å². The molecule has 7 heteroatoms. The van der Waals surface area contributed by atoms with E-state index < -0.39 is 15.4 Å². The molecule has 0 heterocycles. The van der Waals surface area contributed by atoms with E-state index in [0.717, 1.165) is 32.1 Å². The summed E-state index contributed by atoms with van der Waals surface area (Å²) in [5.74, 6) is 0.629. The van der Waals surface area contributed by atoms with Gasteiger partial charge in [-0.15, -0.1) is 0 Å². The lowest BCUT2D eigenvalue weighted by atomic mass is 9.75. The summed E-state index contributed by atoms with van der Waals surface area (Å²) in [6, 6.07) is 14.5. The fourth-order valence-electron chi connectivity index (χ4n) is 4.92. The number of carbonyl (C=O) groups excluding carboxylic acids is 1. The van der Waals surface area contributed by atoms with Crippen LogP contribution in [0.5, 0.6) is 0 Å². The van der Waals surface area contributed by atoms with Crippen LogP contribution in [-0.4, -0.2) is 37.7 Å². The predicted molar refractivity (Wildman–Crippen MR) is 148 cm³/mol. The summed E-state index contributed by atoms with van der Waals surface area (Å²) in [5, 5.41) is 3.85. The SMILES string of the molecule is CCCS(=O)(=O)CCCCc1ccc2c(c1)C(Cc1ccc(Cl)cc1)C(NC(=O)OC(C)(C)C)CC2. The first-order valence-corrected chi connectivity index (χ1v) is 15.2. The molecule has 1 aliphatic rings. The fraction of sp³-hybridized carbons (Fsp3) is 0.552. The number of sulfone groups is 1. The molecule has 2 aromatic carbocycles. The van der Waals surface area contributed by atoms with Gasteiger partial charge in [0.05, 0.1) is 5.75 Å². The lowest BCUT2D eigenvalue weighted by molar-refractivity contribution is 0.0491. The van der Waals surface area contributed by atoms with Gasteiger partial charge in [-0.25, -0.2) is 13.2 Å². The Morgan fingerprint density at radius 2 is 1.75 bits per heavy atom. The highest BCUT2D eigenvalue weighted by Crippen LogP contribution is 2.36. The van der Waals surface area contributed by atoms with E-state index in [2.05, 4.69) is 23.5 Å². The van der Waals surface area contributed by atoms with E-state index in [9.17, 15) is 13.2 Å². The van der Waals surface area contributed by atoms with Crippen molar-refractivity contribution in [3.05, 3.63) is 69.7 Å². The molecule has 3 rings (SSSR count). The zero-order chi connectivity index (χ0) is 26.3. The van der Waals surface area contributed by atoms with Gasteiger partial charge in [-0.1, -0.05) is 48.9 Å². The van der Waals surface area contributed by atoms with E-state index in [4.69, 9.17) is 16.3 Å².